The second-order valence-corrected chi connectivity index (χ2v) is 3.88. The molecule has 0 aliphatic rings. The van der Waals surface area contributed by atoms with Crippen LogP contribution in [-0.2, 0) is 4.74 Å². The first-order valence-corrected chi connectivity index (χ1v) is 4.25. The molecule has 0 aliphatic heterocycles. The molecule has 0 saturated carbocycles. The molecule has 0 atom stereocenters. The zero-order valence-corrected chi connectivity index (χ0v) is 9.14. The average molecular weight is 218 g/mol. The van der Waals surface area contributed by atoms with Gasteiger partial charge in [0.25, 0.3) is 0 Å². The van der Waals surface area contributed by atoms with Crippen molar-refractivity contribution in [3.63, 3.8) is 0 Å². The van der Waals surface area contributed by atoms with Crippen LogP contribution in [-0.4, -0.2) is 22.8 Å². The molecule has 0 radical (unpaired) electrons. The highest BCUT2D eigenvalue weighted by Gasteiger charge is 2.16. The molecular weight excluding hydrogens is 204 g/mol. The van der Waals surface area contributed by atoms with Crippen LogP contribution in [0, 0.1) is 0 Å². The fraction of sp³-hybridized carbons (Fsp3) is 0.571. The number of nitrogens with two attached hydrogens (primary N) is 2. The fourth-order valence-corrected chi connectivity index (χ4v) is 0.653. The molecule has 0 unspecified atom stereocenters. The van der Waals surface area contributed by atoms with Crippen molar-refractivity contribution < 1.29 is 9.53 Å². The monoisotopic (exact) mass is 218 g/mol. The van der Waals surface area contributed by atoms with Gasteiger partial charge >= 0.3 is 6.09 Å². The van der Waals surface area contributed by atoms with Crippen molar-refractivity contribution in [2.45, 2.75) is 26.4 Å². The Kier molecular flexibility index (Phi) is 4.29. The van der Waals surface area contributed by atoms with Crippen LogP contribution in [0.15, 0.2) is 4.99 Å². The number of guanidine groups is 1. The first-order valence-electron chi connectivity index (χ1n) is 3.84. The number of thiocarbonyl (C=S) groups is 1. The molecule has 0 aromatic heterocycles. The lowest BCUT2D eigenvalue weighted by Gasteiger charge is -2.19. The highest BCUT2D eigenvalue weighted by Crippen LogP contribution is 2.05. The highest BCUT2D eigenvalue weighted by atomic mass is 32.1. The molecule has 14 heavy (non-hydrogen) atoms. The number of hydrogen-bond donors (Lipinski definition) is 3. The minimum absolute atomic E-state index is 0.154. The quantitative estimate of drug-likeness (QED) is 0.303. The van der Waals surface area contributed by atoms with Gasteiger partial charge in [0.05, 0.1) is 0 Å². The Morgan fingerprint density at radius 3 is 2.29 bits per heavy atom. The van der Waals surface area contributed by atoms with Gasteiger partial charge in [0, 0.05) is 0 Å². The number of amides is 1. The lowest BCUT2D eigenvalue weighted by atomic mass is 10.2. The van der Waals surface area contributed by atoms with E-state index >= 15 is 0 Å². The number of rotatable bonds is 0. The maximum atomic E-state index is 11.1. The van der Waals surface area contributed by atoms with Gasteiger partial charge in [-0.1, -0.05) is 0 Å². The van der Waals surface area contributed by atoms with Crippen molar-refractivity contribution in [3.05, 3.63) is 0 Å². The van der Waals surface area contributed by atoms with E-state index in [0.29, 0.717) is 0 Å². The summed E-state index contributed by atoms with van der Waals surface area (Å²) in [5.41, 5.74) is 9.74. The van der Waals surface area contributed by atoms with Crippen molar-refractivity contribution in [3.8, 4) is 0 Å². The zero-order valence-electron chi connectivity index (χ0n) is 8.33. The van der Waals surface area contributed by atoms with Crippen LogP contribution in [0.1, 0.15) is 20.8 Å². The largest absolute Gasteiger partial charge is 0.444 e. The third-order valence-corrected chi connectivity index (χ3v) is 0.951. The minimum atomic E-state index is -0.699. The SMILES string of the molecule is CC(C)(C)OC(=O)N/C(N)=N/C(N)=S. The van der Waals surface area contributed by atoms with Gasteiger partial charge in [-0.3, -0.25) is 5.32 Å². The van der Waals surface area contributed by atoms with Gasteiger partial charge in [0.1, 0.15) is 5.60 Å². The summed E-state index contributed by atoms with van der Waals surface area (Å²) >= 11 is 4.45. The van der Waals surface area contributed by atoms with Gasteiger partial charge in [0.15, 0.2) is 5.11 Å². The van der Waals surface area contributed by atoms with E-state index in [0.717, 1.165) is 0 Å². The number of nitrogens with one attached hydrogen (secondary N) is 1. The molecule has 1 amide bonds. The smallest absolute Gasteiger partial charge is 0.414 e. The van der Waals surface area contributed by atoms with Crippen LogP contribution < -0.4 is 16.8 Å². The second kappa shape index (κ2) is 4.75. The van der Waals surface area contributed by atoms with E-state index < -0.39 is 11.7 Å². The number of ether oxygens (including phenoxy) is 1. The van der Waals surface area contributed by atoms with E-state index in [2.05, 4.69) is 22.5 Å². The lowest BCUT2D eigenvalue weighted by molar-refractivity contribution is 0.0562. The van der Waals surface area contributed by atoms with E-state index in [1.54, 1.807) is 20.8 Å². The Labute approximate surface area is 87.7 Å². The highest BCUT2D eigenvalue weighted by molar-refractivity contribution is 7.80. The summed E-state index contributed by atoms with van der Waals surface area (Å²) in [6.07, 6.45) is -0.699. The molecule has 0 heterocycles. The molecule has 7 heteroatoms. The number of alkyl carbamates (subject to hydrolysis) is 1. The Morgan fingerprint density at radius 2 is 1.93 bits per heavy atom. The second-order valence-electron chi connectivity index (χ2n) is 3.46. The van der Waals surface area contributed by atoms with E-state index in [-0.39, 0.29) is 11.1 Å². The van der Waals surface area contributed by atoms with Gasteiger partial charge in [-0.15, -0.1) is 0 Å². The minimum Gasteiger partial charge on any atom is -0.444 e. The third kappa shape index (κ3) is 7.29. The molecule has 0 aliphatic carbocycles. The number of hydrogen-bond acceptors (Lipinski definition) is 3. The molecule has 5 N–H and O–H groups in total. The standard InChI is InChI=1S/C7H14N4O2S/c1-7(2,3)13-6(12)11-4(8)10-5(9)14/h1-3H3,(H5,8,9,10,11,12,14). The van der Waals surface area contributed by atoms with Gasteiger partial charge < -0.3 is 16.2 Å². The normalized spacial score (nSPS) is 12.1. The summed E-state index contributed by atoms with van der Waals surface area (Å²) in [4.78, 5) is 14.5. The predicted octanol–water partition coefficient (Wildman–Crippen LogP) is 0.0694. The van der Waals surface area contributed by atoms with Crippen LogP contribution >= 0.6 is 12.2 Å². The predicted molar refractivity (Wildman–Crippen MR) is 57.8 cm³/mol. The number of carbonyl (C=O) groups excluding carboxylic acids is 1. The molecule has 80 valence electrons. The summed E-state index contributed by atoms with van der Waals surface area (Å²) in [7, 11) is 0. The van der Waals surface area contributed by atoms with Crippen LogP contribution in [0.25, 0.3) is 0 Å². The molecule has 0 fully saturated rings. The van der Waals surface area contributed by atoms with Gasteiger partial charge in [-0.2, -0.15) is 4.99 Å². The van der Waals surface area contributed by atoms with Crippen molar-refractivity contribution in [1.82, 2.24) is 5.32 Å². The van der Waals surface area contributed by atoms with Crippen LogP contribution in [0.4, 0.5) is 4.79 Å². The first kappa shape index (κ1) is 12.6. The molecule has 0 aromatic rings. The van der Waals surface area contributed by atoms with Crippen molar-refractivity contribution in [2.24, 2.45) is 16.5 Å². The Hall–Kier alpha value is -1.37. The third-order valence-electron chi connectivity index (χ3n) is 0.860. The van der Waals surface area contributed by atoms with E-state index in [1.165, 1.54) is 0 Å². The molecule has 0 bridgehead atoms. The van der Waals surface area contributed by atoms with Crippen LogP contribution in [0.3, 0.4) is 0 Å². The average Bonchev–Trinajstić information content (AvgIpc) is 1.77. The molecule has 0 spiro atoms. The summed E-state index contributed by atoms with van der Waals surface area (Å²) in [5, 5.41) is 2.01. The van der Waals surface area contributed by atoms with E-state index in [4.69, 9.17) is 16.2 Å². The molecular formula is C7H14N4O2S. The Balaban J connectivity index is 4.14. The van der Waals surface area contributed by atoms with Crippen molar-refractivity contribution in [2.75, 3.05) is 0 Å². The summed E-state index contributed by atoms with van der Waals surface area (Å²) in [6, 6.07) is 0. The Bertz CT molecular complexity index is 269. The molecule has 0 saturated heterocycles. The maximum absolute atomic E-state index is 11.1. The fourth-order valence-electron chi connectivity index (χ4n) is 0.555. The summed E-state index contributed by atoms with van der Waals surface area (Å²) in [5.74, 6) is -0.188. The van der Waals surface area contributed by atoms with E-state index in [9.17, 15) is 4.79 Å². The zero-order chi connectivity index (χ0) is 11.4. The lowest BCUT2D eigenvalue weighted by Crippen LogP contribution is -2.41. The van der Waals surface area contributed by atoms with Crippen LogP contribution in [0.2, 0.25) is 0 Å². The van der Waals surface area contributed by atoms with Gasteiger partial charge in [-0.05, 0) is 33.0 Å². The number of nitrogens with zero attached hydrogens (tertiary/aromatic N) is 1. The first-order chi connectivity index (χ1) is 6.20. The van der Waals surface area contributed by atoms with Crippen molar-refractivity contribution >= 4 is 29.4 Å². The topological polar surface area (TPSA) is 103 Å². The molecule has 0 rings (SSSR count). The summed E-state index contributed by atoms with van der Waals surface area (Å²) < 4.78 is 4.89. The molecule has 6 nitrogen and oxygen atoms in total. The maximum Gasteiger partial charge on any atom is 0.414 e. The number of aliphatic imine (C=N–C) groups is 1. The van der Waals surface area contributed by atoms with Crippen molar-refractivity contribution in [1.29, 1.82) is 0 Å². The van der Waals surface area contributed by atoms with Crippen LogP contribution in [0.5, 0.6) is 0 Å². The Morgan fingerprint density at radius 1 is 1.43 bits per heavy atom. The molecule has 0 aromatic carbocycles. The van der Waals surface area contributed by atoms with E-state index in [1.807, 2.05) is 0 Å². The van der Waals surface area contributed by atoms with Gasteiger partial charge in [0.2, 0.25) is 5.96 Å². The van der Waals surface area contributed by atoms with Gasteiger partial charge in [-0.25, -0.2) is 4.79 Å². The number of carbonyl (C=O) groups is 1. The summed E-state index contributed by atoms with van der Waals surface area (Å²) in [6.45, 7) is 5.19.